The molecule has 1 aromatic heterocycles. The zero-order chi connectivity index (χ0) is 19.2. The van der Waals surface area contributed by atoms with Gasteiger partial charge in [-0.3, -0.25) is 4.90 Å². The number of hydrogen-bond acceptors (Lipinski definition) is 4. The first-order chi connectivity index (χ1) is 13.1. The van der Waals surface area contributed by atoms with Crippen LogP contribution in [0.5, 0.6) is 5.75 Å². The Balaban J connectivity index is 1.49. The minimum absolute atomic E-state index is 0.127. The largest absolute Gasteiger partial charge is 0.495 e. The molecule has 2 heterocycles. The van der Waals surface area contributed by atoms with Crippen LogP contribution in [0.1, 0.15) is 12.7 Å². The fourth-order valence-corrected chi connectivity index (χ4v) is 3.43. The number of imidazole rings is 1. The summed E-state index contributed by atoms with van der Waals surface area (Å²) >= 11 is 6.03. The second-order valence-electron chi connectivity index (χ2n) is 6.49. The molecule has 1 aliphatic heterocycles. The number of hydrogen-bond donors (Lipinski definition) is 1. The SMILES string of the molecule is CCc1nccn1CCN1CCN(C(=O)Nc2cc(Cl)ccc2OC)CC1. The van der Waals surface area contributed by atoms with Gasteiger partial charge in [-0.05, 0) is 18.2 Å². The van der Waals surface area contributed by atoms with Gasteiger partial charge in [0.05, 0.1) is 12.8 Å². The lowest BCUT2D eigenvalue weighted by Crippen LogP contribution is -2.50. The average molecular weight is 392 g/mol. The summed E-state index contributed by atoms with van der Waals surface area (Å²) in [5.41, 5.74) is 0.588. The van der Waals surface area contributed by atoms with Crippen molar-refractivity contribution in [1.82, 2.24) is 19.4 Å². The van der Waals surface area contributed by atoms with Gasteiger partial charge in [-0.2, -0.15) is 0 Å². The van der Waals surface area contributed by atoms with Crippen molar-refractivity contribution in [2.45, 2.75) is 19.9 Å². The van der Waals surface area contributed by atoms with Crippen LogP contribution in [0, 0.1) is 0 Å². The van der Waals surface area contributed by atoms with E-state index < -0.39 is 0 Å². The molecular weight excluding hydrogens is 366 g/mol. The molecule has 1 N–H and O–H groups in total. The standard InChI is InChI=1S/C19H26ClN5O2/c1-3-18-21-6-7-24(18)11-8-23-9-12-25(13-10-23)19(26)22-16-14-15(20)4-5-17(16)27-2/h4-7,14H,3,8-13H2,1-2H3,(H,22,26). The molecule has 0 spiro atoms. The van der Waals surface area contributed by atoms with Gasteiger partial charge in [0.15, 0.2) is 0 Å². The number of urea groups is 1. The topological polar surface area (TPSA) is 62.6 Å². The number of piperazine rings is 1. The van der Waals surface area contributed by atoms with Crippen LogP contribution in [-0.2, 0) is 13.0 Å². The zero-order valence-electron chi connectivity index (χ0n) is 15.8. The molecule has 0 bridgehead atoms. The van der Waals surface area contributed by atoms with Crippen LogP contribution in [0.15, 0.2) is 30.6 Å². The number of carbonyl (C=O) groups is 1. The maximum atomic E-state index is 12.6. The average Bonchev–Trinajstić information content (AvgIpc) is 3.14. The predicted octanol–water partition coefficient (Wildman–Crippen LogP) is 2.96. The Morgan fingerprint density at radius 2 is 2.04 bits per heavy atom. The lowest BCUT2D eigenvalue weighted by Gasteiger charge is -2.34. The minimum atomic E-state index is -0.127. The fraction of sp³-hybridized carbons (Fsp3) is 0.474. The summed E-state index contributed by atoms with van der Waals surface area (Å²) < 4.78 is 7.48. The van der Waals surface area contributed by atoms with Crippen molar-refractivity contribution in [3.8, 4) is 5.75 Å². The maximum absolute atomic E-state index is 12.6. The van der Waals surface area contributed by atoms with E-state index >= 15 is 0 Å². The third-order valence-corrected chi connectivity index (χ3v) is 5.07. The second kappa shape index (κ2) is 9.10. The van der Waals surface area contributed by atoms with E-state index in [0.29, 0.717) is 29.5 Å². The first-order valence-electron chi connectivity index (χ1n) is 9.22. The molecule has 0 radical (unpaired) electrons. The van der Waals surface area contributed by atoms with Gasteiger partial charge in [-0.25, -0.2) is 9.78 Å². The van der Waals surface area contributed by atoms with Crippen molar-refractivity contribution in [1.29, 1.82) is 0 Å². The molecule has 2 amide bonds. The van der Waals surface area contributed by atoms with Gasteiger partial charge in [0.2, 0.25) is 0 Å². The zero-order valence-corrected chi connectivity index (χ0v) is 16.6. The normalized spacial score (nSPS) is 15.0. The number of amides is 2. The number of ether oxygens (including phenoxy) is 1. The van der Waals surface area contributed by atoms with E-state index in [1.807, 2.05) is 17.3 Å². The van der Waals surface area contributed by atoms with Crippen LogP contribution in [0.25, 0.3) is 0 Å². The van der Waals surface area contributed by atoms with E-state index in [4.69, 9.17) is 16.3 Å². The molecule has 1 saturated heterocycles. The Morgan fingerprint density at radius 3 is 2.74 bits per heavy atom. The molecule has 1 aliphatic rings. The number of nitrogens with zero attached hydrogens (tertiary/aromatic N) is 4. The van der Waals surface area contributed by atoms with Gasteiger partial charge in [-0.1, -0.05) is 18.5 Å². The monoisotopic (exact) mass is 391 g/mol. The van der Waals surface area contributed by atoms with E-state index in [-0.39, 0.29) is 6.03 Å². The first-order valence-corrected chi connectivity index (χ1v) is 9.60. The van der Waals surface area contributed by atoms with Crippen molar-refractivity contribution in [2.24, 2.45) is 0 Å². The highest BCUT2D eigenvalue weighted by Gasteiger charge is 2.22. The summed E-state index contributed by atoms with van der Waals surface area (Å²) in [6.07, 6.45) is 4.82. The van der Waals surface area contributed by atoms with Gasteiger partial charge in [0.1, 0.15) is 11.6 Å². The lowest BCUT2D eigenvalue weighted by atomic mass is 10.3. The van der Waals surface area contributed by atoms with Crippen molar-refractivity contribution >= 4 is 23.3 Å². The van der Waals surface area contributed by atoms with E-state index in [2.05, 4.69) is 26.7 Å². The van der Waals surface area contributed by atoms with E-state index in [9.17, 15) is 4.79 Å². The van der Waals surface area contributed by atoms with E-state index in [0.717, 1.165) is 38.4 Å². The Labute approximate surface area is 164 Å². The third kappa shape index (κ3) is 4.93. The summed E-state index contributed by atoms with van der Waals surface area (Å²) in [6, 6.07) is 5.05. The molecule has 27 heavy (non-hydrogen) atoms. The van der Waals surface area contributed by atoms with Gasteiger partial charge in [0.25, 0.3) is 0 Å². The smallest absolute Gasteiger partial charge is 0.322 e. The molecule has 7 nitrogen and oxygen atoms in total. The van der Waals surface area contributed by atoms with Gasteiger partial charge in [-0.15, -0.1) is 0 Å². The molecule has 3 rings (SSSR count). The van der Waals surface area contributed by atoms with Crippen LogP contribution in [-0.4, -0.2) is 65.2 Å². The second-order valence-corrected chi connectivity index (χ2v) is 6.93. The summed E-state index contributed by atoms with van der Waals surface area (Å²) in [4.78, 5) is 21.1. The molecule has 2 aromatic rings. The summed E-state index contributed by atoms with van der Waals surface area (Å²) in [6.45, 7) is 7.10. The number of rotatable bonds is 6. The van der Waals surface area contributed by atoms with Crippen LogP contribution in [0.2, 0.25) is 5.02 Å². The first kappa shape index (κ1) is 19.5. The highest BCUT2D eigenvalue weighted by atomic mass is 35.5. The van der Waals surface area contributed by atoms with Crippen LogP contribution >= 0.6 is 11.6 Å². The van der Waals surface area contributed by atoms with Gasteiger partial charge < -0.3 is 19.5 Å². The predicted molar refractivity (Wildman–Crippen MR) is 107 cm³/mol. The quantitative estimate of drug-likeness (QED) is 0.822. The Bertz CT molecular complexity index is 771. The van der Waals surface area contributed by atoms with Gasteiger partial charge in [0, 0.05) is 63.1 Å². The van der Waals surface area contributed by atoms with Crippen LogP contribution < -0.4 is 10.1 Å². The van der Waals surface area contributed by atoms with E-state index in [1.165, 1.54) is 0 Å². The molecule has 1 fully saturated rings. The number of halogens is 1. The maximum Gasteiger partial charge on any atom is 0.322 e. The molecule has 146 valence electrons. The molecule has 0 saturated carbocycles. The number of aromatic nitrogens is 2. The van der Waals surface area contributed by atoms with Crippen molar-refractivity contribution in [3.63, 3.8) is 0 Å². The Kier molecular flexibility index (Phi) is 6.58. The number of benzene rings is 1. The fourth-order valence-electron chi connectivity index (χ4n) is 3.25. The Morgan fingerprint density at radius 1 is 1.26 bits per heavy atom. The van der Waals surface area contributed by atoms with Crippen LogP contribution in [0.4, 0.5) is 10.5 Å². The van der Waals surface area contributed by atoms with Gasteiger partial charge >= 0.3 is 6.03 Å². The number of methoxy groups -OCH3 is 1. The Hall–Kier alpha value is -2.25. The molecule has 1 aromatic carbocycles. The highest BCUT2D eigenvalue weighted by molar-refractivity contribution is 6.31. The molecule has 8 heteroatoms. The summed E-state index contributed by atoms with van der Waals surface area (Å²) in [5, 5.41) is 3.46. The van der Waals surface area contributed by atoms with E-state index in [1.54, 1.807) is 25.3 Å². The van der Waals surface area contributed by atoms with Crippen molar-refractivity contribution < 1.29 is 9.53 Å². The van der Waals surface area contributed by atoms with Crippen LogP contribution in [0.3, 0.4) is 0 Å². The molecule has 0 unspecified atom stereocenters. The molecular formula is C19H26ClN5O2. The number of anilines is 1. The summed E-state index contributed by atoms with van der Waals surface area (Å²) in [5.74, 6) is 1.71. The minimum Gasteiger partial charge on any atom is -0.495 e. The number of nitrogens with one attached hydrogen (secondary N) is 1. The van der Waals surface area contributed by atoms with Crippen molar-refractivity contribution in [3.05, 3.63) is 41.4 Å². The summed E-state index contributed by atoms with van der Waals surface area (Å²) in [7, 11) is 1.57. The number of aryl methyl sites for hydroxylation is 1. The highest BCUT2D eigenvalue weighted by Crippen LogP contribution is 2.28. The molecule has 0 atom stereocenters. The van der Waals surface area contributed by atoms with Crippen molar-refractivity contribution in [2.75, 3.05) is 45.2 Å². The number of carbonyl (C=O) groups excluding carboxylic acids is 1. The third-order valence-electron chi connectivity index (χ3n) is 4.84. The lowest BCUT2D eigenvalue weighted by molar-refractivity contribution is 0.144. The molecule has 0 aliphatic carbocycles.